The first-order valence-corrected chi connectivity index (χ1v) is 5.26. The first kappa shape index (κ1) is 15.1. The molecule has 0 fully saturated rings. The lowest BCUT2D eigenvalue weighted by Gasteiger charge is -2.14. The molecule has 1 heterocycles. The van der Waals surface area contributed by atoms with Crippen LogP contribution in [0.2, 0.25) is 0 Å². The number of hydrogen-bond acceptors (Lipinski definition) is 2. The molecule has 0 amide bonds. The fraction of sp³-hybridized carbons (Fsp3) is 0.0833. The first-order chi connectivity index (χ1) is 9.71. The van der Waals surface area contributed by atoms with Crippen molar-refractivity contribution >= 4 is 0 Å². The fourth-order valence-corrected chi connectivity index (χ4v) is 1.46. The van der Waals surface area contributed by atoms with Gasteiger partial charge in [-0.1, -0.05) is 12.1 Å². The molecule has 9 heteroatoms. The van der Waals surface area contributed by atoms with Crippen LogP contribution in [0.3, 0.4) is 0 Å². The van der Waals surface area contributed by atoms with Gasteiger partial charge in [-0.15, -0.1) is 0 Å². The summed E-state index contributed by atoms with van der Waals surface area (Å²) in [6.45, 7) is 0. The molecular formula is C12H4F7NO. The molecule has 0 aliphatic heterocycles. The Bertz CT molecular complexity index is 658. The van der Waals surface area contributed by atoms with Gasteiger partial charge in [-0.3, -0.25) is 0 Å². The molecule has 21 heavy (non-hydrogen) atoms. The Hall–Kier alpha value is -2.32. The molecule has 0 aliphatic carbocycles. The van der Waals surface area contributed by atoms with Crippen molar-refractivity contribution in [3.8, 4) is 11.5 Å². The third kappa shape index (κ3) is 2.91. The summed E-state index contributed by atoms with van der Waals surface area (Å²) in [6.07, 6.45) is -4.88. The highest BCUT2D eigenvalue weighted by Gasteiger charge is 2.35. The zero-order chi connectivity index (χ0) is 15.8. The van der Waals surface area contributed by atoms with Crippen LogP contribution in [0.25, 0.3) is 0 Å². The summed E-state index contributed by atoms with van der Waals surface area (Å²) in [7, 11) is 0. The second-order valence-electron chi connectivity index (χ2n) is 3.75. The van der Waals surface area contributed by atoms with E-state index in [-0.39, 0.29) is 0 Å². The molecule has 0 N–H and O–H groups in total. The summed E-state index contributed by atoms with van der Waals surface area (Å²) < 4.78 is 94.8. The lowest BCUT2D eigenvalue weighted by molar-refractivity contribution is -0.138. The monoisotopic (exact) mass is 311 g/mol. The van der Waals surface area contributed by atoms with Crippen molar-refractivity contribution in [3.05, 3.63) is 53.4 Å². The van der Waals surface area contributed by atoms with Crippen molar-refractivity contribution in [2.45, 2.75) is 6.18 Å². The molecule has 2 aromatic rings. The van der Waals surface area contributed by atoms with Crippen molar-refractivity contribution in [1.82, 2.24) is 4.98 Å². The minimum absolute atomic E-state index is 0.582. The second-order valence-corrected chi connectivity index (χ2v) is 3.75. The van der Waals surface area contributed by atoms with E-state index in [2.05, 4.69) is 9.72 Å². The number of pyridine rings is 1. The Labute approximate surface area is 112 Å². The SMILES string of the molecule is Fc1nc(F)c(F)c(Oc2ccccc2C(F)(F)F)c1F. The number of hydrogen-bond donors (Lipinski definition) is 0. The number of aromatic nitrogens is 1. The van der Waals surface area contributed by atoms with E-state index in [0.29, 0.717) is 6.07 Å². The average Bonchev–Trinajstić information content (AvgIpc) is 2.41. The van der Waals surface area contributed by atoms with Crippen LogP contribution < -0.4 is 4.74 Å². The van der Waals surface area contributed by atoms with Crippen LogP contribution in [0.4, 0.5) is 30.7 Å². The molecule has 1 aromatic heterocycles. The summed E-state index contributed by atoms with van der Waals surface area (Å²) in [5.74, 6) is -10.8. The third-order valence-corrected chi connectivity index (χ3v) is 2.36. The Morgan fingerprint density at radius 3 is 1.90 bits per heavy atom. The Morgan fingerprint density at radius 2 is 1.38 bits per heavy atom. The van der Waals surface area contributed by atoms with Gasteiger partial charge < -0.3 is 4.74 Å². The predicted octanol–water partition coefficient (Wildman–Crippen LogP) is 4.45. The zero-order valence-corrected chi connectivity index (χ0v) is 9.81. The molecule has 1 aromatic carbocycles. The van der Waals surface area contributed by atoms with Gasteiger partial charge in [-0.2, -0.15) is 35.7 Å². The van der Waals surface area contributed by atoms with Gasteiger partial charge in [0.2, 0.25) is 17.4 Å². The minimum Gasteiger partial charge on any atom is -0.450 e. The van der Waals surface area contributed by atoms with Crippen LogP contribution in [-0.2, 0) is 6.18 Å². The highest BCUT2D eigenvalue weighted by Crippen LogP contribution is 2.39. The molecule has 0 aliphatic rings. The number of alkyl halides is 3. The van der Waals surface area contributed by atoms with E-state index in [1.807, 2.05) is 0 Å². The molecule has 0 saturated heterocycles. The largest absolute Gasteiger partial charge is 0.450 e. The van der Waals surface area contributed by atoms with E-state index in [1.165, 1.54) is 0 Å². The smallest absolute Gasteiger partial charge is 0.419 e. The van der Waals surface area contributed by atoms with Gasteiger partial charge in [0.05, 0.1) is 5.56 Å². The second kappa shape index (κ2) is 5.23. The van der Waals surface area contributed by atoms with Crippen LogP contribution in [0.5, 0.6) is 11.5 Å². The maximum Gasteiger partial charge on any atom is 0.419 e. The molecule has 0 spiro atoms. The van der Waals surface area contributed by atoms with Crippen LogP contribution in [0.1, 0.15) is 5.56 Å². The molecule has 2 nitrogen and oxygen atoms in total. The molecule has 0 radical (unpaired) electrons. The molecular weight excluding hydrogens is 307 g/mol. The highest BCUT2D eigenvalue weighted by atomic mass is 19.4. The Morgan fingerprint density at radius 1 is 0.857 bits per heavy atom. The topological polar surface area (TPSA) is 22.1 Å². The number of para-hydroxylation sites is 1. The lowest BCUT2D eigenvalue weighted by atomic mass is 10.2. The van der Waals surface area contributed by atoms with Gasteiger partial charge in [0.25, 0.3) is 11.9 Å². The van der Waals surface area contributed by atoms with Gasteiger partial charge >= 0.3 is 6.18 Å². The zero-order valence-electron chi connectivity index (χ0n) is 9.81. The molecule has 2 rings (SSSR count). The summed E-state index contributed by atoms with van der Waals surface area (Å²) in [5, 5.41) is 0. The summed E-state index contributed by atoms with van der Waals surface area (Å²) in [4.78, 5) is 2.26. The third-order valence-electron chi connectivity index (χ3n) is 2.36. The number of benzene rings is 1. The predicted molar refractivity (Wildman–Crippen MR) is 55.6 cm³/mol. The maximum absolute atomic E-state index is 13.3. The van der Waals surface area contributed by atoms with Gasteiger partial charge in [0.15, 0.2) is 0 Å². The molecule has 112 valence electrons. The van der Waals surface area contributed by atoms with E-state index in [0.717, 1.165) is 18.2 Å². The van der Waals surface area contributed by atoms with Crippen LogP contribution >= 0.6 is 0 Å². The van der Waals surface area contributed by atoms with Crippen LogP contribution in [-0.4, -0.2) is 4.98 Å². The average molecular weight is 311 g/mol. The van der Waals surface area contributed by atoms with Gasteiger partial charge in [0.1, 0.15) is 5.75 Å². The fourth-order valence-electron chi connectivity index (χ4n) is 1.46. The Balaban J connectivity index is 2.54. The minimum atomic E-state index is -4.88. The number of nitrogens with zero attached hydrogens (tertiary/aromatic N) is 1. The number of halogens is 7. The van der Waals surface area contributed by atoms with Crippen molar-refractivity contribution in [2.75, 3.05) is 0 Å². The standard InChI is InChI=1S/C12H4F7NO/c13-7-9(8(14)11(16)20-10(7)15)21-6-4-2-1-3-5(6)12(17,18)19/h1-4H. The van der Waals surface area contributed by atoms with E-state index in [4.69, 9.17) is 0 Å². The quantitative estimate of drug-likeness (QED) is 0.604. The van der Waals surface area contributed by atoms with Gasteiger partial charge in [-0.25, -0.2) is 0 Å². The summed E-state index contributed by atoms with van der Waals surface area (Å²) >= 11 is 0. The van der Waals surface area contributed by atoms with E-state index >= 15 is 0 Å². The van der Waals surface area contributed by atoms with Crippen LogP contribution in [0.15, 0.2) is 24.3 Å². The van der Waals surface area contributed by atoms with E-state index in [9.17, 15) is 30.7 Å². The molecule has 0 atom stereocenters. The van der Waals surface area contributed by atoms with E-state index in [1.54, 1.807) is 0 Å². The first-order valence-electron chi connectivity index (χ1n) is 5.26. The normalized spacial score (nSPS) is 11.6. The number of ether oxygens (including phenoxy) is 1. The van der Waals surface area contributed by atoms with Gasteiger partial charge in [-0.05, 0) is 12.1 Å². The van der Waals surface area contributed by atoms with Crippen molar-refractivity contribution < 1.29 is 35.5 Å². The van der Waals surface area contributed by atoms with E-state index < -0.39 is 46.8 Å². The van der Waals surface area contributed by atoms with Crippen LogP contribution in [0, 0.1) is 23.5 Å². The van der Waals surface area contributed by atoms with Crippen molar-refractivity contribution in [2.24, 2.45) is 0 Å². The molecule has 0 unspecified atom stereocenters. The molecule has 0 saturated carbocycles. The highest BCUT2D eigenvalue weighted by molar-refractivity contribution is 5.40. The number of rotatable bonds is 2. The van der Waals surface area contributed by atoms with Gasteiger partial charge in [0, 0.05) is 0 Å². The maximum atomic E-state index is 13.3. The van der Waals surface area contributed by atoms with Crippen molar-refractivity contribution in [1.29, 1.82) is 0 Å². The summed E-state index contributed by atoms with van der Waals surface area (Å²) in [5.41, 5.74) is -1.36. The van der Waals surface area contributed by atoms with Crippen molar-refractivity contribution in [3.63, 3.8) is 0 Å². The lowest BCUT2D eigenvalue weighted by Crippen LogP contribution is -2.09. The summed E-state index contributed by atoms with van der Waals surface area (Å²) in [6, 6.07) is 3.43. The Kier molecular flexibility index (Phi) is 3.75. The molecule has 0 bridgehead atoms.